The fraction of sp³-hybridized carbons (Fsp3) is 0.103. The Kier molecular flexibility index (Phi) is 8.82. The van der Waals surface area contributed by atoms with Gasteiger partial charge in [0.25, 0.3) is 0 Å². The van der Waals surface area contributed by atoms with Crippen LogP contribution in [0.3, 0.4) is 0 Å². The highest BCUT2D eigenvalue weighted by Gasteiger charge is 2.25. The number of fused-ring (bicyclic) bond motifs is 7. The number of anilines is 3. The van der Waals surface area contributed by atoms with Crippen LogP contribution in [-0.4, -0.2) is 0 Å². The van der Waals surface area contributed by atoms with Crippen LogP contribution in [0.2, 0.25) is 0 Å². The van der Waals surface area contributed by atoms with Crippen LogP contribution < -0.4 is 4.90 Å². The van der Waals surface area contributed by atoms with E-state index in [0.29, 0.717) is 5.92 Å². The van der Waals surface area contributed by atoms with Crippen LogP contribution in [0.25, 0.3) is 86.3 Å². The van der Waals surface area contributed by atoms with Gasteiger partial charge in [-0.2, -0.15) is 0 Å². The minimum absolute atomic E-state index is 0.569. The van der Waals surface area contributed by atoms with E-state index in [1.54, 1.807) is 0 Å². The Morgan fingerprint density at radius 3 is 1.90 bits per heavy atom. The average molecular weight is 802 g/mol. The van der Waals surface area contributed by atoms with Gasteiger partial charge in [0.15, 0.2) is 0 Å². The molecule has 0 spiro atoms. The van der Waals surface area contributed by atoms with Crippen LogP contribution in [0, 0.1) is 0 Å². The van der Waals surface area contributed by atoms with Gasteiger partial charge >= 0.3 is 0 Å². The van der Waals surface area contributed by atoms with E-state index in [-0.39, 0.29) is 0 Å². The van der Waals surface area contributed by atoms with Gasteiger partial charge in [-0.1, -0.05) is 171 Å². The number of rotatable bonds is 7. The molecule has 12 rings (SSSR count). The maximum Gasteiger partial charge on any atom is 0.143 e. The summed E-state index contributed by atoms with van der Waals surface area (Å²) in [5, 5.41) is 7.56. The molecule has 11 aromatic rings. The molecule has 2 heterocycles. The van der Waals surface area contributed by atoms with Gasteiger partial charge in [-0.25, -0.2) is 0 Å². The Labute approximate surface area is 360 Å². The first-order valence-electron chi connectivity index (χ1n) is 21.7. The summed E-state index contributed by atoms with van der Waals surface area (Å²) in [5.74, 6) is 0.569. The molecule has 0 N–H and O–H groups in total. The van der Waals surface area contributed by atoms with Gasteiger partial charge in [-0.3, -0.25) is 0 Å². The Morgan fingerprint density at radius 1 is 0.443 bits per heavy atom. The lowest BCUT2D eigenvalue weighted by atomic mass is 9.80. The Morgan fingerprint density at radius 2 is 1.05 bits per heavy atom. The van der Waals surface area contributed by atoms with Crippen molar-refractivity contribution in [3.05, 3.63) is 200 Å². The van der Waals surface area contributed by atoms with E-state index in [4.69, 9.17) is 4.42 Å². The van der Waals surface area contributed by atoms with Crippen molar-refractivity contribution < 1.29 is 4.42 Å². The molecule has 1 aliphatic rings. The normalized spacial score (nSPS) is 13.5. The van der Waals surface area contributed by atoms with Crippen LogP contribution in [0.15, 0.2) is 199 Å². The molecule has 1 aliphatic carbocycles. The Hall–Kier alpha value is -6.94. The van der Waals surface area contributed by atoms with Gasteiger partial charge in [-0.15, -0.1) is 11.3 Å². The van der Waals surface area contributed by atoms with Gasteiger partial charge in [0.1, 0.15) is 11.2 Å². The zero-order valence-electron chi connectivity index (χ0n) is 33.9. The molecule has 0 unspecified atom stereocenters. The van der Waals surface area contributed by atoms with Gasteiger partial charge < -0.3 is 9.32 Å². The lowest BCUT2D eigenvalue weighted by Gasteiger charge is -2.31. The summed E-state index contributed by atoms with van der Waals surface area (Å²) in [6.07, 6.45) is 6.44. The summed E-state index contributed by atoms with van der Waals surface area (Å²) in [5.41, 5.74) is 13.7. The molecular weight excluding hydrogens is 759 g/mol. The van der Waals surface area contributed by atoms with Crippen molar-refractivity contribution in [2.24, 2.45) is 0 Å². The van der Waals surface area contributed by atoms with Crippen molar-refractivity contribution in [2.75, 3.05) is 4.90 Å². The Bertz CT molecular complexity index is 3430. The van der Waals surface area contributed by atoms with Gasteiger partial charge in [-0.05, 0) is 94.3 Å². The summed E-state index contributed by atoms with van der Waals surface area (Å²) >= 11 is 1.87. The summed E-state index contributed by atoms with van der Waals surface area (Å²) in [6, 6.07) is 71.5. The molecule has 3 heteroatoms. The van der Waals surface area contributed by atoms with Crippen molar-refractivity contribution in [2.45, 2.75) is 38.0 Å². The van der Waals surface area contributed by atoms with Crippen LogP contribution >= 0.6 is 11.3 Å². The number of furan rings is 1. The molecule has 0 amide bonds. The predicted molar refractivity (Wildman–Crippen MR) is 261 cm³/mol. The number of thiophene rings is 1. The van der Waals surface area contributed by atoms with E-state index in [1.807, 2.05) is 11.3 Å². The molecule has 1 fully saturated rings. The third-order valence-electron chi connectivity index (χ3n) is 13.1. The standard InChI is InChI=1S/C58H43NOS/c1-2-17-38(18-3-1)42-27-13-19-39-20-14-29-47(56(39)42)44-23-4-8-32-51(44)59(41-22-12-21-40(37-41)43-28-16-36-55-57(43)50-26-7-11-35-54(50)61-55)52-33-9-5-24-45(52)48-30-15-31-49-46-25-6-10-34-53(46)60-58(48)49/h4-16,19-38H,1-3,17-18H2. The summed E-state index contributed by atoms with van der Waals surface area (Å²) in [4.78, 5) is 2.50. The largest absolute Gasteiger partial charge is 0.455 e. The predicted octanol–water partition coefficient (Wildman–Crippen LogP) is 17.6. The summed E-state index contributed by atoms with van der Waals surface area (Å²) < 4.78 is 9.34. The van der Waals surface area contributed by atoms with Crippen LogP contribution in [-0.2, 0) is 0 Å². The van der Waals surface area contributed by atoms with Gasteiger partial charge in [0.2, 0.25) is 0 Å². The van der Waals surface area contributed by atoms with Crippen LogP contribution in [0.1, 0.15) is 43.6 Å². The molecule has 0 radical (unpaired) electrons. The molecular formula is C58H43NOS. The highest BCUT2D eigenvalue weighted by Crippen LogP contribution is 2.50. The van der Waals surface area contributed by atoms with E-state index in [2.05, 4.69) is 199 Å². The number of hydrogen-bond acceptors (Lipinski definition) is 3. The molecule has 2 aromatic heterocycles. The molecule has 9 aromatic carbocycles. The van der Waals surface area contributed by atoms with E-state index in [9.17, 15) is 0 Å². The van der Waals surface area contributed by atoms with E-state index < -0.39 is 0 Å². The maximum atomic E-state index is 6.72. The monoisotopic (exact) mass is 801 g/mol. The zero-order valence-corrected chi connectivity index (χ0v) is 34.7. The molecule has 0 atom stereocenters. The second-order valence-electron chi connectivity index (χ2n) is 16.6. The molecule has 0 saturated heterocycles. The topological polar surface area (TPSA) is 16.4 Å². The van der Waals surface area contributed by atoms with Crippen molar-refractivity contribution in [3.8, 4) is 33.4 Å². The lowest BCUT2D eigenvalue weighted by molar-refractivity contribution is 0.445. The van der Waals surface area contributed by atoms with Crippen molar-refractivity contribution in [1.29, 1.82) is 0 Å². The molecule has 292 valence electrons. The molecule has 2 nitrogen and oxygen atoms in total. The highest BCUT2D eigenvalue weighted by molar-refractivity contribution is 7.25. The quantitative estimate of drug-likeness (QED) is 0.160. The number of hydrogen-bond donors (Lipinski definition) is 0. The zero-order chi connectivity index (χ0) is 40.3. The summed E-state index contributed by atoms with van der Waals surface area (Å²) in [6.45, 7) is 0. The van der Waals surface area contributed by atoms with Crippen LogP contribution in [0.5, 0.6) is 0 Å². The number of para-hydroxylation sites is 4. The van der Waals surface area contributed by atoms with E-state index in [1.165, 1.54) is 90.9 Å². The fourth-order valence-electron chi connectivity index (χ4n) is 10.3. The molecule has 1 saturated carbocycles. The number of benzene rings is 9. The first-order valence-corrected chi connectivity index (χ1v) is 22.5. The second-order valence-corrected chi connectivity index (χ2v) is 17.6. The minimum Gasteiger partial charge on any atom is -0.455 e. The third kappa shape index (κ3) is 6.06. The third-order valence-corrected chi connectivity index (χ3v) is 14.2. The van der Waals surface area contributed by atoms with Gasteiger partial charge in [0.05, 0.1) is 11.4 Å². The van der Waals surface area contributed by atoms with Gasteiger partial charge in [0, 0.05) is 53.3 Å². The fourth-order valence-corrected chi connectivity index (χ4v) is 11.5. The second kappa shape index (κ2) is 15.0. The van der Waals surface area contributed by atoms with Crippen LogP contribution in [0.4, 0.5) is 17.1 Å². The first-order chi connectivity index (χ1) is 30.3. The van der Waals surface area contributed by atoms with Crippen molar-refractivity contribution in [1.82, 2.24) is 0 Å². The van der Waals surface area contributed by atoms with Crippen molar-refractivity contribution >= 4 is 81.3 Å². The molecule has 0 bridgehead atoms. The SMILES string of the molecule is c1cc(-c2cccc3sc4ccccc4c23)cc(N(c2ccccc2-c2cccc3c2oc2ccccc23)c2ccccc2-c2cccc3cccc(C4CCCCC4)c23)c1. The average Bonchev–Trinajstić information content (AvgIpc) is 3.91. The lowest BCUT2D eigenvalue weighted by Crippen LogP contribution is -2.13. The maximum absolute atomic E-state index is 6.72. The first kappa shape index (κ1) is 36.0. The van der Waals surface area contributed by atoms with E-state index >= 15 is 0 Å². The van der Waals surface area contributed by atoms with E-state index in [0.717, 1.165) is 50.1 Å². The minimum atomic E-state index is 0.569. The van der Waals surface area contributed by atoms with Crippen molar-refractivity contribution in [3.63, 3.8) is 0 Å². The highest BCUT2D eigenvalue weighted by atomic mass is 32.1. The molecule has 61 heavy (non-hydrogen) atoms. The number of nitrogens with zero attached hydrogens (tertiary/aromatic N) is 1. The summed E-state index contributed by atoms with van der Waals surface area (Å²) in [7, 11) is 0. The molecule has 0 aliphatic heterocycles. The smallest absolute Gasteiger partial charge is 0.143 e. The Balaban J connectivity index is 1.12.